The minimum atomic E-state index is 0.467. The van der Waals surface area contributed by atoms with E-state index in [0.29, 0.717) is 6.04 Å². The Kier molecular flexibility index (Phi) is 4.47. The van der Waals surface area contributed by atoms with Crippen LogP contribution >= 0.6 is 0 Å². The van der Waals surface area contributed by atoms with Gasteiger partial charge in [0.15, 0.2) is 5.82 Å². The number of hydrogen-bond acceptors (Lipinski definition) is 4. The van der Waals surface area contributed by atoms with Gasteiger partial charge in [-0.3, -0.25) is 0 Å². The molecule has 0 fully saturated rings. The summed E-state index contributed by atoms with van der Waals surface area (Å²) in [5.41, 5.74) is 1.20. The van der Waals surface area contributed by atoms with Gasteiger partial charge in [-0.25, -0.2) is 0 Å². The van der Waals surface area contributed by atoms with E-state index in [0.717, 1.165) is 31.0 Å². The first kappa shape index (κ1) is 12.8. The first-order valence-electron chi connectivity index (χ1n) is 6.30. The zero-order valence-corrected chi connectivity index (χ0v) is 10.9. The Labute approximate surface area is 107 Å². The lowest BCUT2D eigenvalue weighted by Crippen LogP contribution is -2.21. The maximum atomic E-state index is 5.24. The second-order valence-electron chi connectivity index (χ2n) is 4.50. The lowest BCUT2D eigenvalue weighted by molar-refractivity contribution is 0.365. The molecule has 1 N–H and O–H groups in total. The Morgan fingerprint density at radius 3 is 2.78 bits per heavy atom. The van der Waals surface area contributed by atoms with Crippen molar-refractivity contribution in [3.8, 4) is 0 Å². The normalized spacial score (nSPS) is 12.6. The quantitative estimate of drug-likeness (QED) is 0.847. The van der Waals surface area contributed by atoms with Crippen LogP contribution < -0.4 is 5.32 Å². The van der Waals surface area contributed by atoms with E-state index < -0.39 is 0 Å². The Hall–Kier alpha value is -1.68. The first-order valence-corrected chi connectivity index (χ1v) is 6.30. The van der Waals surface area contributed by atoms with Gasteiger partial charge in [0.2, 0.25) is 5.89 Å². The van der Waals surface area contributed by atoms with Crippen molar-refractivity contribution in [1.82, 2.24) is 15.5 Å². The average Bonchev–Trinajstić information content (AvgIpc) is 2.85. The molecule has 2 aromatic rings. The van der Waals surface area contributed by atoms with Gasteiger partial charge in [-0.15, -0.1) is 0 Å². The molecular formula is C14H19N3O. The third-order valence-electron chi connectivity index (χ3n) is 3.00. The summed E-state index contributed by atoms with van der Waals surface area (Å²) in [4.78, 5) is 4.41. The van der Waals surface area contributed by atoms with E-state index in [9.17, 15) is 0 Å². The zero-order valence-electron chi connectivity index (χ0n) is 10.9. The van der Waals surface area contributed by atoms with Crippen molar-refractivity contribution in [3.05, 3.63) is 47.6 Å². The number of nitrogens with zero attached hydrogens (tertiary/aromatic N) is 2. The number of benzene rings is 1. The summed E-state index contributed by atoms with van der Waals surface area (Å²) in [6, 6.07) is 10.6. The largest absolute Gasteiger partial charge is 0.339 e. The summed E-state index contributed by atoms with van der Waals surface area (Å²) >= 11 is 0. The molecule has 0 saturated carbocycles. The molecule has 1 aromatic heterocycles. The molecule has 18 heavy (non-hydrogen) atoms. The van der Waals surface area contributed by atoms with Crippen molar-refractivity contribution in [2.45, 2.75) is 32.2 Å². The standard InChI is InChI=1S/C14H19N3O/c1-11(15-2)8-9-14-16-13(17-18-14)10-12-6-4-3-5-7-12/h3-7,11,15H,8-10H2,1-2H3. The monoisotopic (exact) mass is 245 g/mol. The van der Waals surface area contributed by atoms with Crippen LogP contribution in [0.15, 0.2) is 34.9 Å². The van der Waals surface area contributed by atoms with Gasteiger partial charge < -0.3 is 9.84 Å². The summed E-state index contributed by atoms with van der Waals surface area (Å²) in [6.07, 6.45) is 2.55. The summed E-state index contributed by atoms with van der Waals surface area (Å²) in [5, 5.41) is 7.20. The van der Waals surface area contributed by atoms with Crippen LogP contribution in [0.25, 0.3) is 0 Å². The molecule has 0 amide bonds. The summed E-state index contributed by atoms with van der Waals surface area (Å²) < 4.78 is 5.24. The highest BCUT2D eigenvalue weighted by molar-refractivity contribution is 5.18. The molecular weight excluding hydrogens is 226 g/mol. The predicted molar refractivity (Wildman–Crippen MR) is 70.4 cm³/mol. The Balaban J connectivity index is 1.90. The third-order valence-corrected chi connectivity index (χ3v) is 3.00. The van der Waals surface area contributed by atoms with Crippen molar-refractivity contribution in [2.24, 2.45) is 0 Å². The molecule has 0 bridgehead atoms. The van der Waals surface area contributed by atoms with E-state index in [2.05, 4.69) is 34.5 Å². The Morgan fingerprint density at radius 1 is 1.28 bits per heavy atom. The molecule has 4 nitrogen and oxygen atoms in total. The first-order chi connectivity index (χ1) is 8.78. The molecule has 4 heteroatoms. The molecule has 1 aromatic carbocycles. The van der Waals surface area contributed by atoms with Crippen LogP contribution in [0.4, 0.5) is 0 Å². The van der Waals surface area contributed by atoms with E-state index in [1.165, 1.54) is 5.56 Å². The molecule has 1 atom stereocenters. The summed E-state index contributed by atoms with van der Waals surface area (Å²) in [5.74, 6) is 1.48. The maximum absolute atomic E-state index is 5.24. The van der Waals surface area contributed by atoms with Gasteiger partial charge in [-0.05, 0) is 26.0 Å². The second kappa shape index (κ2) is 6.31. The highest BCUT2D eigenvalue weighted by Gasteiger charge is 2.08. The molecule has 0 aliphatic rings. The number of aryl methyl sites for hydroxylation is 1. The van der Waals surface area contributed by atoms with E-state index in [-0.39, 0.29) is 0 Å². The molecule has 1 heterocycles. The number of nitrogens with one attached hydrogen (secondary N) is 1. The number of hydrogen-bond donors (Lipinski definition) is 1. The van der Waals surface area contributed by atoms with Crippen LogP contribution in [-0.2, 0) is 12.8 Å². The highest BCUT2D eigenvalue weighted by Crippen LogP contribution is 2.08. The molecule has 0 radical (unpaired) electrons. The molecule has 0 saturated heterocycles. The smallest absolute Gasteiger partial charge is 0.226 e. The highest BCUT2D eigenvalue weighted by atomic mass is 16.5. The fourth-order valence-corrected chi connectivity index (χ4v) is 1.73. The topological polar surface area (TPSA) is 51.0 Å². The van der Waals surface area contributed by atoms with Gasteiger partial charge >= 0.3 is 0 Å². The molecule has 0 spiro atoms. The minimum absolute atomic E-state index is 0.467. The van der Waals surface area contributed by atoms with Crippen LogP contribution in [-0.4, -0.2) is 23.2 Å². The van der Waals surface area contributed by atoms with Gasteiger partial charge in [0, 0.05) is 18.9 Å². The summed E-state index contributed by atoms with van der Waals surface area (Å²) in [7, 11) is 1.96. The van der Waals surface area contributed by atoms with E-state index in [1.807, 2.05) is 25.2 Å². The second-order valence-corrected chi connectivity index (χ2v) is 4.50. The van der Waals surface area contributed by atoms with Crippen LogP contribution in [0.5, 0.6) is 0 Å². The lowest BCUT2D eigenvalue weighted by atomic mass is 10.1. The van der Waals surface area contributed by atoms with Crippen molar-refractivity contribution in [1.29, 1.82) is 0 Å². The van der Waals surface area contributed by atoms with Gasteiger partial charge in [-0.2, -0.15) is 4.98 Å². The third kappa shape index (κ3) is 3.67. The number of aromatic nitrogens is 2. The maximum Gasteiger partial charge on any atom is 0.226 e. The van der Waals surface area contributed by atoms with Gasteiger partial charge in [0.05, 0.1) is 0 Å². The predicted octanol–water partition coefficient (Wildman–Crippen LogP) is 2.20. The van der Waals surface area contributed by atoms with Crippen molar-refractivity contribution in [3.63, 3.8) is 0 Å². The van der Waals surface area contributed by atoms with Crippen LogP contribution in [0.3, 0.4) is 0 Å². The van der Waals surface area contributed by atoms with Gasteiger partial charge in [-0.1, -0.05) is 35.5 Å². The van der Waals surface area contributed by atoms with Crippen molar-refractivity contribution >= 4 is 0 Å². The summed E-state index contributed by atoms with van der Waals surface area (Å²) in [6.45, 7) is 2.14. The van der Waals surface area contributed by atoms with Crippen LogP contribution in [0.1, 0.15) is 30.6 Å². The van der Waals surface area contributed by atoms with E-state index in [1.54, 1.807) is 0 Å². The Bertz CT molecular complexity index is 467. The average molecular weight is 245 g/mol. The van der Waals surface area contributed by atoms with Crippen molar-refractivity contribution in [2.75, 3.05) is 7.05 Å². The lowest BCUT2D eigenvalue weighted by Gasteiger charge is -2.06. The molecule has 1 unspecified atom stereocenters. The number of rotatable bonds is 6. The van der Waals surface area contributed by atoms with E-state index >= 15 is 0 Å². The zero-order chi connectivity index (χ0) is 12.8. The van der Waals surface area contributed by atoms with Crippen LogP contribution in [0.2, 0.25) is 0 Å². The molecule has 0 aliphatic heterocycles. The minimum Gasteiger partial charge on any atom is -0.339 e. The Morgan fingerprint density at radius 2 is 2.06 bits per heavy atom. The van der Waals surface area contributed by atoms with Crippen LogP contribution in [0, 0.1) is 0 Å². The van der Waals surface area contributed by atoms with Gasteiger partial charge in [0.25, 0.3) is 0 Å². The van der Waals surface area contributed by atoms with Crippen molar-refractivity contribution < 1.29 is 4.52 Å². The molecule has 2 rings (SSSR count). The van der Waals surface area contributed by atoms with Gasteiger partial charge in [0.1, 0.15) is 0 Å². The molecule has 96 valence electrons. The van der Waals surface area contributed by atoms with E-state index in [4.69, 9.17) is 4.52 Å². The fraction of sp³-hybridized carbons (Fsp3) is 0.429. The SMILES string of the molecule is CNC(C)CCc1nc(Cc2ccccc2)no1. The molecule has 0 aliphatic carbocycles. The fourth-order valence-electron chi connectivity index (χ4n) is 1.73.